The number of hydrogen-bond donors (Lipinski definition) is 2. The molecule has 20 heavy (non-hydrogen) atoms. The third-order valence-corrected chi connectivity index (χ3v) is 3.98. The van der Waals surface area contributed by atoms with E-state index in [9.17, 15) is 0 Å². The van der Waals surface area contributed by atoms with Gasteiger partial charge in [-0.3, -0.25) is 10.8 Å². The maximum Gasteiger partial charge on any atom is 0.0728 e. The molecule has 0 amide bonds. The number of aromatic nitrogens is 1. The number of nitrogen functional groups attached to an aromatic ring is 1. The number of benzene rings is 1. The molecule has 1 aromatic carbocycles. The average Bonchev–Trinajstić information content (AvgIpc) is 2.49. The monoisotopic (exact) mass is 272 g/mol. The highest BCUT2D eigenvalue weighted by Gasteiger charge is 2.14. The van der Waals surface area contributed by atoms with Crippen LogP contribution in [-0.4, -0.2) is 31.3 Å². The minimum atomic E-state index is 0.783. The second-order valence-corrected chi connectivity index (χ2v) is 5.14. The second-order valence-electron chi connectivity index (χ2n) is 5.14. The second kappa shape index (κ2) is 5.26. The van der Waals surface area contributed by atoms with Crippen molar-refractivity contribution < 1.29 is 4.74 Å². The highest BCUT2D eigenvalue weighted by atomic mass is 16.5. The number of pyridine rings is 1. The Balaban J connectivity index is 2.11. The number of fused-ring (bicyclic) bond motifs is 1. The van der Waals surface area contributed by atoms with E-state index in [1.54, 1.807) is 0 Å². The van der Waals surface area contributed by atoms with Gasteiger partial charge in [0.25, 0.3) is 0 Å². The number of anilines is 2. The summed E-state index contributed by atoms with van der Waals surface area (Å²) >= 11 is 0. The normalized spacial score (nSPS) is 15.7. The van der Waals surface area contributed by atoms with Crippen molar-refractivity contribution in [3.63, 3.8) is 0 Å². The summed E-state index contributed by atoms with van der Waals surface area (Å²) in [7, 11) is 0. The van der Waals surface area contributed by atoms with E-state index in [0.29, 0.717) is 0 Å². The third kappa shape index (κ3) is 2.19. The van der Waals surface area contributed by atoms with E-state index in [-0.39, 0.29) is 0 Å². The minimum Gasteiger partial charge on any atom is -0.378 e. The van der Waals surface area contributed by atoms with Crippen molar-refractivity contribution in [1.82, 2.24) is 4.98 Å². The van der Waals surface area contributed by atoms with Crippen molar-refractivity contribution in [2.75, 3.05) is 36.6 Å². The Bertz CT molecular complexity index is 635. The first-order chi connectivity index (χ1) is 9.70. The van der Waals surface area contributed by atoms with Crippen LogP contribution in [0.2, 0.25) is 0 Å². The van der Waals surface area contributed by atoms with Crippen LogP contribution in [0.15, 0.2) is 18.2 Å². The summed E-state index contributed by atoms with van der Waals surface area (Å²) in [6.07, 6.45) is 0. The summed E-state index contributed by atoms with van der Waals surface area (Å²) in [5.41, 5.74) is 8.05. The molecule has 0 bridgehead atoms. The zero-order chi connectivity index (χ0) is 14.1. The van der Waals surface area contributed by atoms with Gasteiger partial charge >= 0.3 is 0 Å². The van der Waals surface area contributed by atoms with E-state index in [1.807, 2.05) is 13.8 Å². The van der Waals surface area contributed by atoms with Gasteiger partial charge in [0, 0.05) is 29.9 Å². The van der Waals surface area contributed by atoms with Gasteiger partial charge in [-0.25, -0.2) is 0 Å². The van der Waals surface area contributed by atoms with Crippen LogP contribution >= 0.6 is 0 Å². The molecule has 2 heterocycles. The molecule has 0 unspecified atom stereocenters. The Morgan fingerprint density at radius 1 is 1.25 bits per heavy atom. The first-order valence-electron chi connectivity index (χ1n) is 6.91. The Morgan fingerprint density at radius 3 is 2.70 bits per heavy atom. The van der Waals surface area contributed by atoms with Crippen molar-refractivity contribution in [1.29, 1.82) is 0 Å². The SMILES string of the molecule is Cc1nc2ccc(N3CCOCC3)cc2c(NN)c1C. The molecule has 106 valence electrons. The lowest BCUT2D eigenvalue weighted by molar-refractivity contribution is 0.122. The standard InChI is InChI=1S/C15H20N4O/c1-10-11(2)17-14-4-3-12(9-13(14)15(10)18-16)19-5-7-20-8-6-19/h3-4,9H,5-8,16H2,1-2H3,(H,17,18). The molecule has 1 aliphatic rings. The van der Waals surface area contributed by atoms with Crippen LogP contribution in [0.5, 0.6) is 0 Å². The number of nitrogens with two attached hydrogens (primary N) is 1. The number of hydrogen-bond acceptors (Lipinski definition) is 5. The minimum absolute atomic E-state index is 0.783. The molecule has 1 saturated heterocycles. The number of nitrogens with one attached hydrogen (secondary N) is 1. The highest BCUT2D eigenvalue weighted by Crippen LogP contribution is 2.30. The van der Waals surface area contributed by atoms with Crippen LogP contribution < -0.4 is 16.2 Å². The predicted octanol–water partition coefficient (Wildman–Crippen LogP) is 1.97. The summed E-state index contributed by atoms with van der Waals surface area (Å²) in [5, 5.41) is 1.07. The molecular formula is C15H20N4O. The van der Waals surface area contributed by atoms with Crippen LogP contribution in [-0.2, 0) is 4.74 Å². The molecule has 0 aliphatic carbocycles. The van der Waals surface area contributed by atoms with Crippen LogP contribution in [0.25, 0.3) is 10.9 Å². The summed E-state index contributed by atoms with van der Waals surface area (Å²) in [6.45, 7) is 7.46. The fourth-order valence-electron chi connectivity index (χ4n) is 2.67. The van der Waals surface area contributed by atoms with E-state index < -0.39 is 0 Å². The van der Waals surface area contributed by atoms with Gasteiger partial charge in [0.15, 0.2) is 0 Å². The molecule has 5 nitrogen and oxygen atoms in total. The first-order valence-corrected chi connectivity index (χ1v) is 6.91. The lowest BCUT2D eigenvalue weighted by Crippen LogP contribution is -2.36. The largest absolute Gasteiger partial charge is 0.378 e. The number of ether oxygens (including phenoxy) is 1. The van der Waals surface area contributed by atoms with E-state index in [4.69, 9.17) is 10.6 Å². The summed E-state index contributed by atoms with van der Waals surface area (Å²) in [6, 6.07) is 6.35. The van der Waals surface area contributed by atoms with Crippen molar-refractivity contribution in [2.24, 2.45) is 5.84 Å². The van der Waals surface area contributed by atoms with Crippen molar-refractivity contribution in [2.45, 2.75) is 13.8 Å². The maximum atomic E-state index is 5.70. The number of nitrogens with zero attached hydrogens (tertiary/aromatic N) is 2. The van der Waals surface area contributed by atoms with Gasteiger partial charge in [-0.1, -0.05) is 0 Å². The van der Waals surface area contributed by atoms with Gasteiger partial charge < -0.3 is 15.1 Å². The smallest absolute Gasteiger partial charge is 0.0728 e. The molecule has 1 aromatic heterocycles. The third-order valence-electron chi connectivity index (χ3n) is 3.98. The van der Waals surface area contributed by atoms with Crippen molar-refractivity contribution in [3.05, 3.63) is 29.5 Å². The average molecular weight is 272 g/mol. The number of morpholine rings is 1. The van der Waals surface area contributed by atoms with E-state index in [1.165, 1.54) is 5.69 Å². The molecule has 3 rings (SSSR count). The molecule has 0 saturated carbocycles. The van der Waals surface area contributed by atoms with Gasteiger partial charge in [0.1, 0.15) is 0 Å². The van der Waals surface area contributed by atoms with Gasteiger partial charge in [-0.15, -0.1) is 0 Å². The van der Waals surface area contributed by atoms with Gasteiger partial charge in [-0.2, -0.15) is 0 Å². The first kappa shape index (κ1) is 13.1. The number of aryl methyl sites for hydroxylation is 1. The van der Waals surface area contributed by atoms with Crippen molar-refractivity contribution >= 4 is 22.3 Å². The highest BCUT2D eigenvalue weighted by molar-refractivity contribution is 5.95. The van der Waals surface area contributed by atoms with Gasteiger partial charge in [-0.05, 0) is 37.6 Å². The van der Waals surface area contributed by atoms with Crippen LogP contribution in [0.1, 0.15) is 11.3 Å². The summed E-state index contributed by atoms with van der Waals surface area (Å²) < 4.78 is 5.40. The summed E-state index contributed by atoms with van der Waals surface area (Å²) in [4.78, 5) is 6.96. The van der Waals surface area contributed by atoms with E-state index in [0.717, 1.165) is 54.2 Å². The Morgan fingerprint density at radius 2 is 2.00 bits per heavy atom. The fourth-order valence-corrected chi connectivity index (χ4v) is 2.67. The van der Waals surface area contributed by atoms with Gasteiger partial charge in [0.05, 0.1) is 24.4 Å². The van der Waals surface area contributed by atoms with Crippen LogP contribution in [0.3, 0.4) is 0 Å². The molecule has 1 aliphatic heterocycles. The number of hydrazine groups is 1. The molecule has 5 heteroatoms. The maximum absolute atomic E-state index is 5.70. The molecule has 0 radical (unpaired) electrons. The molecule has 0 spiro atoms. The van der Waals surface area contributed by atoms with Crippen molar-refractivity contribution in [3.8, 4) is 0 Å². The van der Waals surface area contributed by atoms with E-state index in [2.05, 4.69) is 33.5 Å². The Labute approximate surface area is 118 Å². The van der Waals surface area contributed by atoms with Crippen LogP contribution in [0, 0.1) is 13.8 Å². The molecule has 0 atom stereocenters. The Hall–Kier alpha value is -1.85. The quantitative estimate of drug-likeness (QED) is 0.646. The molecule has 3 N–H and O–H groups in total. The topological polar surface area (TPSA) is 63.4 Å². The molecular weight excluding hydrogens is 252 g/mol. The van der Waals surface area contributed by atoms with E-state index >= 15 is 0 Å². The van der Waals surface area contributed by atoms with Gasteiger partial charge in [0.2, 0.25) is 0 Å². The zero-order valence-corrected chi connectivity index (χ0v) is 11.9. The number of rotatable bonds is 2. The fraction of sp³-hybridized carbons (Fsp3) is 0.400. The zero-order valence-electron chi connectivity index (χ0n) is 11.9. The van der Waals surface area contributed by atoms with Crippen LogP contribution in [0.4, 0.5) is 11.4 Å². The lowest BCUT2D eigenvalue weighted by atomic mass is 10.1. The lowest BCUT2D eigenvalue weighted by Gasteiger charge is -2.29. The summed E-state index contributed by atoms with van der Waals surface area (Å²) in [5.74, 6) is 5.70. The molecule has 2 aromatic rings. The Kier molecular flexibility index (Phi) is 3.46. The molecule has 1 fully saturated rings. The predicted molar refractivity (Wildman–Crippen MR) is 82.1 cm³/mol.